The summed E-state index contributed by atoms with van der Waals surface area (Å²) in [4.78, 5) is 9.08. The fraction of sp³-hybridized carbons (Fsp3) is 0.118. The van der Waals surface area contributed by atoms with Gasteiger partial charge in [0.1, 0.15) is 5.84 Å². The van der Waals surface area contributed by atoms with Crippen molar-refractivity contribution in [2.45, 2.75) is 0 Å². The normalized spacial score (nSPS) is 13.9. The molecule has 1 aliphatic rings. The Morgan fingerprint density at radius 2 is 2.17 bits per heavy atom. The molecule has 0 fully saturated rings. The number of nitrogens with one attached hydrogen (secondary N) is 1. The van der Waals surface area contributed by atoms with Gasteiger partial charge in [-0.25, -0.2) is 9.50 Å². The van der Waals surface area contributed by atoms with Gasteiger partial charge in [-0.05, 0) is 30.3 Å². The van der Waals surface area contributed by atoms with E-state index in [0.717, 1.165) is 45.9 Å². The molecule has 0 amide bonds. The van der Waals surface area contributed by atoms with Crippen LogP contribution in [0.25, 0.3) is 23.0 Å². The number of amidine groups is 1. The lowest BCUT2D eigenvalue weighted by atomic mass is 10.1. The summed E-state index contributed by atoms with van der Waals surface area (Å²) in [6.07, 6.45) is 1.66. The van der Waals surface area contributed by atoms with E-state index in [0.29, 0.717) is 5.82 Å². The Hall–Kier alpha value is -2.47. The van der Waals surface area contributed by atoms with Gasteiger partial charge in [0, 0.05) is 16.6 Å². The number of benzene rings is 1. The lowest BCUT2D eigenvalue weighted by Crippen LogP contribution is -2.20. The lowest BCUT2D eigenvalue weighted by Gasteiger charge is -2.09. The van der Waals surface area contributed by atoms with E-state index in [1.165, 1.54) is 0 Å². The molecule has 3 heterocycles. The number of pyridine rings is 1. The average molecular weight is 368 g/mol. The van der Waals surface area contributed by atoms with Crippen LogP contribution in [0.1, 0.15) is 11.4 Å². The molecule has 0 atom stereocenters. The van der Waals surface area contributed by atoms with Crippen LogP contribution in [0.15, 0.2) is 52.4 Å². The predicted octanol–water partition coefficient (Wildman–Crippen LogP) is 3.15. The second-order valence-electron chi connectivity index (χ2n) is 5.21. The molecule has 4 rings (SSSR count). The lowest BCUT2D eigenvalue weighted by molar-refractivity contribution is 0.952. The standard InChI is InChI=1S/C17H14BrN5/c1-2-15-21-17-13(16-19-8-9-20-16)6-7-14(23(17)22-15)11-4-3-5-12(18)10-11/h2-7,10H,1,8-9H2,(H,19,20). The highest BCUT2D eigenvalue weighted by molar-refractivity contribution is 9.10. The smallest absolute Gasteiger partial charge is 0.174 e. The molecular formula is C17H14BrN5. The van der Waals surface area contributed by atoms with Crippen molar-refractivity contribution in [1.29, 1.82) is 0 Å². The van der Waals surface area contributed by atoms with E-state index < -0.39 is 0 Å². The molecule has 6 heteroatoms. The molecule has 0 spiro atoms. The number of rotatable bonds is 3. The van der Waals surface area contributed by atoms with Crippen LogP contribution >= 0.6 is 15.9 Å². The maximum absolute atomic E-state index is 4.59. The molecule has 0 bridgehead atoms. The van der Waals surface area contributed by atoms with Gasteiger partial charge in [-0.2, -0.15) is 0 Å². The van der Waals surface area contributed by atoms with Gasteiger partial charge in [-0.3, -0.25) is 4.99 Å². The Morgan fingerprint density at radius 1 is 1.26 bits per heavy atom. The van der Waals surface area contributed by atoms with Gasteiger partial charge in [0.25, 0.3) is 0 Å². The minimum Gasteiger partial charge on any atom is -0.368 e. The summed E-state index contributed by atoms with van der Waals surface area (Å²) in [7, 11) is 0. The Morgan fingerprint density at radius 3 is 2.91 bits per heavy atom. The third-order valence-electron chi connectivity index (χ3n) is 3.73. The highest BCUT2D eigenvalue weighted by Crippen LogP contribution is 2.25. The van der Waals surface area contributed by atoms with E-state index in [4.69, 9.17) is 0 Å². The van der Waals surface area contributed by atoms with Crippen LogP contribution in [0, 0.1) is 0 Å². The number of halogens is 1. The fourth-order valence-electron chi connectivity index (χ4n) is 2.69. The number of fused-ring (bicyclic) bond motifs is 1. The van der Waals surface area contributed by atoms with Crippen molar-refractivity contribution in [3.05, 3.63) is 58.8 Å². The van der Waals surface area contributed by atoms with Crippen LogP contribution in [0.2, 0.25) is 0 Å². The van der Waals surface area contributed by atoms with Crippen LogP contribution in [0.3, 0.4) is 0 Å². The van der Waals surface area contributed by atoms with Gasteiger partial charge in [0.15, 0.2) is 11.5 Å². The van der Waals surface area contributed by atoms with Gasteiger partial charge in [-0.15, -0.1) is 5.10 Å². The topological polar surface area (TPSA) is 54.6 Å². The molecule has 0 saturated carbocycles. The molecule has 1 aliphatic heterocycles. The van der Waals surface area contributed by atoms with E-state index in [1.807, 2.05) is 28.8 Å². The molecule has 3 aromatic rings. The maximum Gasteiger partial charge on any atom is 0.174 e. The molecule has 0 aliphatic carbocycles. The fourth-order valence-corrected chi connectivity index (χ4v) is 3.09. The number of nitrogens with zero attached hydrogens (tertiary/aromatic N) is 4. The second kappa shape index (κ2) is 5.62. The van der Waals surface area contributed by atoms with Crippen molar-refractivity contribution in [3.63, 3.8) is 0 Å². The van der Waals surface area contributed by atoms with E-state index in [2.05, 4.69) is 55.0 Å². The van der Waals surface area contributed by atoms with Crippen LogP contribution in [-0.4, -0.2) is 33.5 Å². The highest BCUT2D eigenvalue weighted by Gasteiger charge is 2.17. The van der Waals surface area contributed by atoms with Crippen LogP contribution < -0.4 is 5.32 Å². The highest BCUT2D eigenvalue weighted by atomic mass is 79.9. The van der Waals surface area contributed by atoms with Crippen LogP contribution in [0.4, 0.5) is 0 Å². The summed E-state index contributed by atoms with van der Waals surface area (Å²) in [6.45, 7) is 5.43. The first kappa shape index (κ1) is 14.1. The molecule has 114 valence electrons. The Kier molecular flexibility index (Phi) is 3.46. The van der Waals surface area contributed by atoms with Crippen molar-refractivity contribution in [3.8, 4) is 11.3 Å². The molecule has 5 nitrogen and oxygen atoms in total. The number of hydrogen-bond donors (Lipinski definition) is 1. The zero-order chi connectivity index (χ0) is 15.8. The van der Waals surface area contributed by atoms with Crippen LogP contribution in [0.5, 0.6) is 0 Å². The third kappa shape index (κ3) is 2.45. The molecule has 1 aromatic carbocycles. The van der Waals surface area contributed by atoms with E-state index in [-0.39, 0.29) is 0 Å². The number of aromatic nitrogens is 3. The van der Waals surface area contributed by atoms with Crippen molar-refractivity contribution in [2.75, 3.05) is 13.1 Å². The van der Waals surface area contributed by atoms with E-state index in [9.17, 15) is 0 Å². The molecule has 2 aromatic heterocycles. The van der Waals surface area contributed by atoms with Gasteiger partial charge in [-0.1, -0.05) is 34.6 Å². The summed E-state index contributed by atoms with van der Waals surface area (Å²) >= 11 is 3.52. The largest absolute Gasteiger partial charge is 0.368 e. The molecule has 0 radical (unpaired) electrons. The van der Waals surface area contributed by atoms with Crippen molar-refractivity contribution in [2.24, 2.45) is 4.99 Å². The first-order chi connectivity index (χ1) is 11.3. The zero-order valence-corrected chi connectivity index (χ0v) is 13.9. The van der Waals surface area contributed by atoms with Gasteiger partial charge < -0.3 is 5.32 Å². The molecule has 0 saturated heterocycles. The first-order valence-corrected chi connectivity index (χ1v) is 8.12. The predicted molar refractivity (Wildman–Crippen MR) is 95.6 cm³/mol. The maximum atomic E-state index is 4.59. The monoisotopic (exact) mass is 367 g/mol. The third-order valence-corrected chi connectivity index (χ3v) is 4.23. The molecule has 1 N–H and O–H groups in total. The molecule has 23 heavy (non-hydrogen) atoms. The van der Waals surface area contributed by atoms with Crippen molar-refractivity contribution in [1.82, 2.24) is 19.9 Å². The van der Waals surface area contributed by atoms with Gasteiger partial charge in [0.05, 0.1) is 17.8 Å². The summed E-state index contributed by atoms with van der Waals surface area (Å²) in [5.74, 6) is 1.48. The SMILES string of the molecule is C=Cc1nc2c(C3=NCCN3)ccc(-c3cccc(Br)c3)n2n1. The van der Waals surface area contributed by atoms with Gasteiger partial charge in [0.2, 0.25) is 0 Å². The second-order valence-corrected chi connectivity index (χ2v) is 6.12. The number of aliphatic imine (C=N–C) groups is 1. The Balaban J connectivity index is 1.98. The Bertz CT molecular complexity index is 941. The summed E-state index contributed by atoms with van der Waals surface area (Å²) < 4.78 is 2.88. The zero-order valence-electron chi connectivity index (χ0n) is 12.3. The summed E-state index contributed by atoms with van der Waals surface area (Å²) in [5, 5.41) is 7.85. The molecule has 0 unspecified atom stereocenters. The average Bonchev–Trinajstić information content (AvgIpc) is 3.23. The minimum atomic E-state index is 0.604. The quantitative estimate of drug-likeness (QED) is 0.773. The Labute approximate surface area is 141 Å². The summed E-state index contributed by atoms with van der Waals surface area (Å²) in [5.41, 5.74) is 3.79. The van der Waals surface area contributed by atoms with Crippen molar-refractivity contribution < 1.29 is 0 Å². The van der Waals surface area contributed by atoms with Gasteiger partial charge >= 0.3 is 0 Å². The number of hydrogen-bond acceptors (Lipinski definition) is 4. The summed E-state index contributed by atoms with van der Waals surface area (Å²) in [6, 6.07) is 12.2. The first-order valence-electron chi connectivity index (χ1n) is 7.33. The van der Waals surface area contributed by atoms with E-state index >= 15 is 0 Å². The molecular weight excluding hydrogens is 354 g/mol. The van der Waals surface area contributed by atoms with E-state index in [1.54, 1.807) is 6.08 Å². The minimum absolute atomic E-state index is 0.604. The van der Waals surface area contributed by atoms with Crippen molar-refractivity contribution >= 4 is 33.5 Å². The van der Waals surface area contributed by atoms with Crippen LogP contribution in [-0.2, 0) is 0 Å².